The number of methoxy groups -OCH3 is 1. The van der Waals surface area contributed by atoms with Crippen molar-refractivity contribution < 1.29 is 14.3 Å². The molecule has 1 aromatic rings. The topological polar surface area (TPSA) is 61.9 Å². The van der Waals surface area contributed by atoms with Gasteiger partial charge in [-0.3, -0.25) is 9.59 Å². The first-order chi connectivity index (χ1) is 12.4. The molecule has 0 spiro atoms. The number of piperidine rings is 1. The number of rotatable bonds is 5. The highest BCUT2D eigenvalue weighted by atomic mass is 16.5. The van der Waals surface area contributed by atoms with Gasteiger partial charge in [-0.15, -0.1) is 0 Å². The Labute approximate surface area is 155 Å². The van der Waals surface area contributed by atoms with Gasteiger partial charge < -0.3 is 19.9 Å². The van der Waals surface area contributed by atoms with Crippen molar-refractivity contribution in [2.24, 2.45) is 5.92 Å². The molecule has 2 fully saturated rings. The molecule has 0 bridgehead atoms. The van der Waals surface area contributed by atoms with Gasteiger partial charge >= 0.3 is 0 Å². The van der Waals surface area contributed by atoms with E-state index in [1.165, 1.54) is 0 Å². The maximum atomic E-state index is 12.8. The largest absolute Gasteiger partial charge is 0.496 e. The molecule has 0 aliphatic carbocycles. The highest BCUT2D eigenvalue weighted by molar-refractivity contribution is 5.77. The fourth-order valence-electron chi connectivity index (χ4n) is 4.52. The first-order valence-electron chi connectivity index (χ1n) is 9.30. The molecule has 0 radical (unpaired) electrons. The van der Waals surface area contributed by atoms with Crippen LogP contribution < -0.4 is 10.1 Å². The van der Waals surface area contributed by atoms with E-state index in [0.717, 1.165) is 37.4 Å². The number of likely N-dealkylation sites (tertiary alicyclic amines) is 2. The molecule has 142 valence electrons. The maximum absolute atomic E-state index is 12.8. The van der Waals surface area contributed by atoms with Gasteiger partial charge in [0.2, 0.25) is 11.8 Å². The zero-order valence-electron chi connectivity index (χ0n) is 16.0. The number of benzene rings is 1. The molecule has 2 heterocycles. The Morgan fingerprint density at radius 2 is 2.08 bits per heavy atom. The minimum atomic E-state index is -0.181. The number of hydrogen-bond acceptors (Lipinski definition) is 4. The van der Waals surface area contributed by atoms with Crippen molar-refractivity contribution >= 4 is 11.8 Å². The van der Waals surface area contributed by atoms with Crippen LogP contribution in [0.5, 0.6) is 5.75 Å². The monoisotopic (exact) mass is 359 g/mol. The quantitative estimate of drug-likeness (QED) is 0.861. The van der Waals surface area contributed by atoms with Gasteiger partial charge in [-0.2, -0.15) is 0 Å². The van der Waals surface area contributed by atoms with E-state index in [4.69, 9.17) is 4.74 Å². The molecular formula is C20H29N3O3. The van der Waals surface area contributed by atoms with Crippen LogP contribution in [-0.4, -0.2) is 67.5 Å². The molecule has 3 rings (SSSR count). The summed E-state index contributed by atoms with van der Waals surface area (Å²) in [5.41, 5.74) is 0.883. The van der Waals surface area contributed by atoms with Crippen molar-refractivity contribution in [3.05, 3.63) is 29.8 Å². The predicted octanol–water partition coefficient (Wildman–Crippen LogP) is 1.30. The SMILES string of the molecule is COc1ccccc1CCC(=O)N1CC[C@@]2(NC(C)=O)CN(C)C[C@H]2C1. The van der Waals surface area contributed by atoms with E-state index < -0.39 is 0 Å². The van der Waals surface area contributed by atoms with E-state index in [0.29, 0.717) is 25.3 Å². The van der Waals surface area contributed by atoms with Crippen molar-refractivity contribution in [3.63, 3.8) is 0 Å². The minimum Gasteiger partial charge on any atom is -0.496 e. The number of ether oxygens (including phenoxy) is 1. The lowest BCUT2D eigenvalue weighted by Crippen LogP contribution is -2.61. The van der Waals surface area contributed by atoms with E-state index in [1.807, 2.05) is 29.2 Å². The summed E-state index contributed by atoms with van der Waals surface area (Å²) >= 11 is 0. The minimum absolute atomic E-state index is 0.0150. The van der Waals surface area contributed by atoms with E-state index in [1.54, 1.807) is 14.0 Å². The smallest absolute Gasteiger partial charge is 0.222 e. The van der Waals surface area contributed by atoms with Crippen LogP contribution in [0.1, 0.15) is 25.3 Å². The maximum Gasteiger partial charge on any atom is 0.222 e. The number of para-hydroxylation sites is 1. The fourth-order valence-corrected chi connectivity index (χ4v) is 4.52. The molecule has 6 nitrogen and oxygen atoms in total. The average Bonchev–Trinajstić information content (AvgIpc) is 2.93. The summed E-state index contributed by atoms with van der Waals surface area (Å²) in [4.78, 5) is 28.6. The summed E-state index contributed by atoms with van der Waals surface area (Å²) in [6.07, 6.45) is 1.98. The van der Waals surface area contributed by atoms with Crippen LogP contribution >= 0.6 is 0 Å². The van der Waals surface area contributed by atoms with Crippen molar-refractivity contribution in [1.29, 1.82) is 0 Å². The van der Waals surface area contributed by atoms with E-state index in [2.05, 4.69) is 17.3 Å². The number of likely N-dealkylation sites (N-methyl/N-ethyl adjacent to an activating group) is 1. The second-order valence-corrected chi connectivity index (χ2v) is 7.63. The van der Waals surface area contributed by atoms with Crippen LogP contribution in [0.4, 0.5) is 0 Å². The van der Waals surface area contributed by atoms with Crippen LogP contribution in [0, 0.1) is 5.92 Å². The lowest BCUT2D eigenvalue weighted by atomic mass is 9.80. The molecule has 2 amide bonds. The van der Waals surface area contributed by atoms with Gasteiger partial charge in [0.05, 0.1) is 12.6 Å². The molecule has 26 heavy (non-hydrogen) atoms. The van der Waals surface area contributed by atoms with Gasteiger partial charge in [-0.1, -0.05) is 18.2 Å². The number of carbonyl (C=O) groups is 2. The second kappa shape index (κ2) is 7.66. The number of aryl methyl sites for hydroxylation is 1. The van der Waals surface area contributed by atoms with E-state index >= 15 is 0 Å². The average molecular weight is 359 g/mol. The molecule has 0 saturated carbocycles. The molecule has 2 aliphatic heterocycles. The highest BCUT2D eigenvalue weighted by Crippen LogP contribution is 2.35. The Bertz CT molecular complexity index is 678. The number of carbonyl (C=O) groups excluding carboxylic acids is 2. The molecular weight excluding hydrogens is 330 g/mol. The van der Waals surface area contributed by atoms with Gasteiger partial charge in [-0.05, 0) is 31.5 Å². The molecule has 2 saturated heterocycles. The van der Waals surface area contributed by atoms with Gasteiger partial charge in [0.15, 0.2) is 0 Å². The lowest BCUT2D eigenvalue weighted by molar-refractivity contribution is -0.134. The Balaban J connectivity index is 1.61. The Kier molecular flexibility index (Phi) is 5.51. The molecule has 0 aromatic heterocycles. The first kappa shape index (κ1) is 18.7. The van der Waals surface area contributed by atoms with Crippen LogP contribution in [0.2, 0.25) is 0 Å². The molecule has 1 N–H and O–H groups in total. The summed E-state index contributed by atoms with van der Waals surface area (Å²) in [5.74, 6) is 1.32. The van der Waals surface area contributed by atoms with Crippen molar-refractivity contribution in [3.8, 4) is 5.75 Å². The van der Waals surface area contributed by atoms with Gasteiger partial charge in [0.25, 0.3) is 0 Å². The number of nitrogens with one attached hydrogen (secondary N) is 1. The Hall–Kier alpha value is -2.08. The summed E-state index contributed by atoms with van der Waals surface area (Å²) in [7, 11) is 3.74. The van der Waals surface area contributed by atoms with Crippen molar-refractivity contribution in [1.82, 2.24) is 15.1 Å². The van der Waals surface area contributed by atoms with E-state index in [9.17, 15) is 9.59 Å². The normalized spacial score (nSPS) is 25.7. The summed E-state index contributed by atoms with van der Waals surface area (Å²) in [6.45, 7) is 4.77. The first-order valence-corrected chi connectivity index (χ1v) is 9.30. The number of amides is 2. The van der Waals surface area contributed by atoms with Crippen LogP contribution in [0.25, 0.3) is 0 Å². The zero-order valence-corrected chi connectivity index (χ0v) is 16.0. The molecule has 2 atom stereocenters. The molecule has 1 aromatic carbocycles. The summed E-state index contributed by atoms with van der Waals surface area (Å²) in [6, 6.07) is 7.85. The number of nitrogens with zero attached hydrogens (tertiary/aromatic N) is 2. The van der Waals surface area contributed by atoms with Gasteiger partial charge in [-0.25, -0.2) is 0 Å². The fraction of sp³-hybridized carbons (Fsp3) is 0.600. The third-order valence-corrected chi connectivity index (χ3v) is 5.71. The van der Waals surface area contributed by atoms with Gasteiger partial charge in [0, 0.05) is 45.4 Å². The Morgan fingerprint density at radius 3 is 2.81 bits per heavy atom. The van der Waals surface area contributed by atoms with Gasteiger partial charge in [0.1, 0.15) is 5.75 Å². The van der Waals surface area contributed by atoms with Crippen LogP contribution in [-0.2, 0) is 16.0 Å². The Morgan fingerprint density at radius 1 is 1.31 bits per heavy atom. The summed E-state index contributed by atoms with van der Waals surface area (Å²) < 4.78 is 5.37. The number of hydrogen-bond donors (Lipinski definition) is 1. The highest BCUT2D eigenvalue weighted by Gasteiger charge is 2.49. The van der Waals surface area contributed by atoms with Crippen LogP contribution in [0.15, 0.2) is 24.3 Å². The van der Waals surface area contributed by atoms with E-state index in [-0.39, 0.29) is 17.4 Å². The molecule has 2 aliphatic rings. The second-order valence-electron chi connectivity index (χ2n) is 7.63. The molecule has 6 heteroatoms. The third kappa shape index (κ3) is 3.85. The van der Waals surface area contributed by atoms with Crippen LogP contribution in [0.3, 0.4) is 0 Å². The predicted molar refractivity (Wildman–Crippen MR) is 100 cm³/mol. The third-order valence-electron chi connectivity index (χ3n) is 5.71. The van der Waals surface area contributed by atoms with Crippen molar-refractivity contribution in [2.75, 3.05) is 40.3 Å². The number of fused-ring (bicyclic) bond motifs is 1. The summed E-state index contributed by atoms with van der Waals surface area (Å²) in [5, 5.41) is 3.18. The lowest BCUT2D eigenvalue weighted by Gasteiger charge is -2.44. The van der Waals surface area contributed by atoms with Crippen molar-refractivity contribution in [2.45, 2.75) is 31.7 Å². The zero-order chi connectivity index (χ0) is 18.7. The standard InChI is InChI=1S/C20H29N3O3/c1-15(24)21-20-10-11-23(13-17(20)12-22(2)14-20)19(25)9-8-16-6-4-5-7-18(16)26-3/h4-7,17H,8-14H2,1-3H3,(H,21,24)/t17-,20+/m0/s1. The molecule has 0 unspecified atom stereocenters.